The molecule has 1 aromatic carbocycles. The molecule has 248 valence electrons. The van der Waals surface area contributed by atoms with Crippen LogP contribution in [0.2, 0.25) is 15.1 Å². The fraction of sp³-hybridized carbons (Fsp3) is 0.364. The minimum atomic E-state index is -1.54. The number of aliphatic hydroxyl groups excluding tert-OH is 1. The SMILES string of the molecule is C=CC(=O)N1[C@H](C)CN(C2=C(C#N)C(O)N(C3=C(C)C=CNC3C(C)C)c3nc(-c4c(F)c(Cl)c(F)c(N)c4Cl)c(Cl)cc32)C[C@@H]1C. The third-order valence-electron chi connectivity index (χ3n) is 8.75. The van der Waals surface area contributed by atoms with Crippen molar-refractivity contribution in [3.05, 3.63) is 80.1 Å². The van der Waals surface area contributed by atoms with Gasteiger partial charge in [-0.25, -0.2) is 13.8 Å². The number of carbonyl (C=O) groups is 1. The van der Waals surface area contributed by atoms with Crippen LogP contribution in [0.4, 0.5) is 20.3 Å². The first-order chi connectivity index (χ1) is 22.2. The number of nitrogens with zero attached hydrogens (tertiary/aromatic N) is 5. The van der Waals surface area contributed by atoms with Crippen molar-refractivity contribution >= 4 is 57.9 Å². The predicted molar refractivity (Wildman–Crippen MR) is 181 cm³/mol. The van der Waals surface area contributed by atoms with Gasteiger partial charge in [-0.1, -0.05) is 55.2 Å². The molecule has 9 nitrogen and oxygen atoms in total. The van der Waals surface area contributed by atoms with E-state index in [-0.39, 0.29) is 52.1 Å². The summed E-state index contributed by atoms with van der Waals surface area (Å²) in [5, 5.41) is 24.6. The first kappa shape index (κ1) is 34.5. The van der Waals surface area contributed by atoms with Crippen molar-refractivity contribution in [3.63, 3.8) is 0 Å². The summed E-state index contributed by atoms with van der Waals surface area (Å²) in [6, 6.07) is 2.81. The molecule has 3 aliphatic rings. The largest absolute Gasteiger partial charge is 0.395 e. The number of nitrogen functional groups attached to an aromatic ring is 1. The number of hydrogen-bond donors (Lipinski definition) is 3. The Morgan fingerprint density at radius 1 is 1.21 bits per heavy atom. The average molecular weight is 705 g/mol. The Morgan fingerprint density at radius 3 is 2.43 bits per heavy atom. The van der Waals surface area contributed by atoms with Crippen LogP contribution in [0.15, 0.2) is 47.8 Å². The summed E-state index contributed by atoms with van der Waals surface area (Å²) in [5.74, 6) is -2.49. The van der Waals surface area contributed by atoms with Gasteiger partial charge in [0.25, 0.3) is 0 Å². The van der Waals surface area contributed by atoms with Crippen LogP contribution in [0.5, 0.6) is 0 Å². The fourth-order valence-electron chi connectivity index (χ4n) is 6.66. The van der Waals surface area contributed by atoms with Crippen LogP contribution < -0.4 is 16.0 Å². The molecule has 2 unspecified atom stereocenters. The van der Waals surface area contributed by atoms with Crippen molar-refractivity contribution < 1.29 is 18.7 Å². The predicted octanol–water partition coefficient (Wildman–Crippen LogP) is 6.46. The molecular weight excluding hydrogens is 671 g/mol. The number of nitriles is 1. The number of carbonyl (C=O) groups excluding carboxylic acids is 1. The van der Waals surface area contributed by atoms with E-state index in [1.165, 1.54) is 17.0 Å². The van der Waals surface area contributed by atoms with Gasteiger partial charge in [-0.2, -0.15) is 5.26 Å². The summed E-state index contributed by atoms with van der Waals surface area (Å²) in [6.45, 7) is 13.9. The van der Waals surface area contributed by atoms with Crippen LogP contribution in [0.1, 0.15) is 40.2 Å². The molecule has 4 heterocycles. The van der Waals surface area contributed by atoms with E-state index in [0.29, 0.717) is 30.0 Å². The molecule has 0 bridgehead atoms. The van der Waals surface area contributed by atoms with Gasteiger partial charge in [0.1, 0.15) is 22.5 Å². The maximum absolute atomic E-state index is 15.7. The molecule has 1 amide bonds. The smallest absolute Gasteiger partial charge is 0.246 e. The molecule has 1 fully saturated rings. The molecule has 0 radical (unpaired) electrons. The molecule has 0 saturated carbocycles. The topological polar surface area (TPSA) is 122 Å². The van der Waals surface area contributed by atoms with Gasteiger partial charge < -0.3 is 26.0 Å². The Kier molecular flexibility index (Phi) is 9.55. The van der Waals surface area contributed by atoms with Crippen molar-refractivity contribution in [2.45, 2.75) is 59.0 Å². The van der Waals surface area contributed by atoms with Crippen LogP contribution >= 0.6 is 34.8 Å². The van der Waals surface area contributed by atoms with Gasteiger partial charge in [0.15, 0.2) is 17.9 Å². The number of pyridine rings is 1. The molecule has 0 aliphatic carbocycles. The van der Waals surface area contributed by atoms with Crippen molar-refractivity contribution in [1.82, 2.24) is 20.1 Å². The van der Waals surface area contributed by atoms with E-state index < -0.39 is 39.2 Å². The van der Waals surface area contributed by atoms with Gasteiger partial charge in [-0.05, 0) is 56.7 Å². The van der Waals surface area contributed by atoms with Crippen molar-refractivity contribution in [2.24, 2.45) is 5.92 Å². The lowest BCUT2D eigenvalue weighted by molar-refractivity contribution is -0.132. The molecular formula is C33H34Cl3F2N7O2. The van der Waals surface area contributed by atoms with Gasteiger partial charge in [0.05, 0.1) is 38.7 Å². The normalized spacial score (nSPS) is 22.8. The second-order valence-corrected chi connectivity index (χ2v) is 13.4. The van der Waals surface area contributed by atoms with Crippen molar-refractivity contribution in [2.75, 3.05) is 23.7 Å². The molecule has 5 rings (SSSR count). The highest BCUT2D eigenvalue weighted by molar-refractivity contribution is 6.39. The number of aromatic nitrogens is 1. The standard InChI is InChI=1S/C33H34Cl3F2N7O2/c1-7-21(46)44-16(5)12-43(13-17(44)6)31-18-10-20(34)29(22-23(35)27(40)26(38)24(36)25(22)37)42-32(18)45(33(47)19(31)11-39)30-15(4)8-9-41-28(30)14(2)3/h7-10,14,16-17,28,33,41,47H,1,12-13,40H2,2-6H3/t16-,17+,28?,33?. The molecule has 3 aliphatic heterocycles. The van der Waals surface area contributed by atoms with E-state index in [4.69, 9.17) is 45.5 Å². The van der Waals surface area contributed by atoms with Crippen LogP contribution in [0.25, 0.3) is 17.0 Å². The zero-order chi connectivity index (χ0) is 34.6. The van der Waals surface area contributed by atoms with Crippen LogP contribution in [0, 0.1) is 28.9 Å². The highest BCUT2D eigenvalue weighted by Gasteiger charge is 2.44. The number of allylic oxidation sites excluding steroid dienone is 2. The summed E-state index contributed by atoms with van der Waals surface area (Å²) in [5.41, 5.74) is 6.82. The van der Waals surface area contributed by atoms with E-state index in [0.717, 1.165) is 5.57 Å². The highest BCUT2D eigenvalue weighted by atomic mass is 35.5. The molecule has 47 heavy (non-hydrogen) atoms. The molecule has 4 atom stereocenters. The minimum Gasteiger partial charge on any atom is -0.395 e. The first-order valence-electron chi connectivity index (χ1n) is 14.9. The maximum Gasteiger partial charge on any atom is 0.246 e. The van der Waals surface area contributed by atoms with Gasteiger partial charge in [0, 0.05) is 36.4 Å². The number of piperazine rings is 1. The Morgan fingerprint density at radius 2 is 1.85 bits per heavy atom. The number of anilines is 2. The number of halogens is 5. The van der Waals surface area contributed by atoms with E-state index >= 15 is 4.39 Å². The van der Waals surface area contributed by atoms with Crippen LogP contribution in [-0.2, 0) is 4.79 Å². The second kappa shape index (κ2) is 13.0. The third-order valence-corrected chi connectivity index (χ3v) is 9.76. The zero-order valence-corrected chi connectivity index (χ0v) is 28.6. The molecule has 2 aromatic rings. The molecule has 14 heteroatoms. The fourth-order valence-corrected chi connectivity index (χ4v) is 7.36. The molecule has 4 N–H and O–H groups in total. The van der Waals surface area contributed by atoms with Crippen molar-refractivity contribution in [1.29, 1.82) is 5.26 Å². The molecule has 0 spiro atoms. The number of amides is 1. The third kappa shape index (κ3) is 5.61. The number of nitrogens with two attached hydrogens (primary N) is 1. The van der Waals surface area contributed by atoms with Gasteiger partial charge in [-0.15, -0.1) is 0 Å². The Hall–Kier alpha value is -3.82. The summed E-state index contributed by atoms with van der Waals surface area (Å²) in [7, 11) is 0. The molecule has 1 aromatic heterocycles. The van der Waals surface area contributed by atoms with Crippen LogP contribution in [-0.4, -0.2) is 63.2 Å². The van der Waals surface area contributed by atoms with E-state index in [1.807, 2.05) is 45.6 Å². The first-order valence-corrected chi connectivity index (χ1v) is 16.1. The Bertz CT molecular complexity index is 1780. The summed E-state index contributed by atoms with van der Waals surface area (Å²) >= 11 is 19.2. The Labute approximate surface area is 287 Å². The van der Waals surface area contributed by atoms with Crippen molar-refractivity contribution in [3.8, 4) is 17.3 Å². The lowest BCUT2D eigenvalue weighted by Crippen LogP contribution is -2.58. The second-order valence-electron chi connectivity index (χ2n) is 12.2. The number of nitrogens with one attached hydrogen (secondary N) is 1. The number of aliphatic hydroxyl groups is 1. The number of dihydropyridines is 1. The van der Waals surface area contributed by atoms with Gasteiger partial charge in [0.2, 0.25) is 5.91 Å². The van der Waals surface area contributed by atoms with Crippen LogP contribution in [0.3, 0.4) is 0 Å². The van der Waals surface area contributed by atoms with Gasteiger partial charge in [-0.3, -0.25) is 9.69 Å². The number of hydrogen-bond acceptors (Lipinski definition) is 8. The summed E-state index contributed by atoms with van der Waals surface area (Å²) in [6.07, 6.45) is 3.36. The number of rotatable bonds is 5. The highest BCUT2D eigenvalue weighted by Crippen LogP contribution is 2.48. The lowest BCUT2D eigenvalue weighted by Gasteiger charge is -2.48. The number of fused-ring (bicyclic) bond motifs is 1. The summed E-state index contributed by atoms with van der Waals surface area (Å²) in [4.78, 5) is 22.6. The quantitative estimate of drug-likeness (QED) is 0.140. The van der Waals surface area contributed by atoms with E-state index in [2.05, 4.69) is 18.0 Å². The average Bonchev–Trinajstić information content (AvgIpc) is 3.02. The Balaban J connectivity index is 1.82. The van der Waals surface area contributed by atoms with E-state index in [9.17, 15) is 19.6 Å². The molecule has 1 saturated heterocycles. The lowest BCUT2D eigenvalue weighted by atomic mass is 9.90. The number of benzene rings is 1. The zero-order valence-electron chi connectivity index (χ0n) is 26.4. The van der Waals surface area contributed by atoms with E-state index in [1.54, 1.807) is 11.1 Å². The minimum absolute atomic E-state index is 0.0167. The monoisotopic (exact) mass is 703 g/mol. The maximum atomic E-state index is 15.7. The summed E-state index contributed by atoms with van der Waals surface area (Å²) < 4.78 is 30.2. The van der Waals surface area contributed by atoms with Gasteiger partial charge >= 0.3 is 0 Å².